The van der Waals surface area contributed by atoms with Crippen LogP contribution in [0.2, 0.25) is 0 Å². The molecule has 2 rings (SSSR count). The van der Waals surface area contributed by atoms with Gasteiger partial charge in [0.25, 0.3) is 0 Å². The van der Waals surface area contributed by atoms with Crippen LogP contribution in [0.1, 0.15) is 11.1 Å². The normalized spacial score (nSPS) is 9.95. The Morgan fingerprint density at radius 1 is 1.21 bits per heavy atom. The van der Waals surface area contributed by atoms with Crippen molar-refractivity contribution in [3.05, 3.63) is 59.4 Å². The molecule has 0 radical (unpaired) electrons. The predicted octanol–water partition coefficient (Wildman–Crippen LogP) is 4.00. The molecule has 0 saturated carbocycles. The Morgan fingerprint density at radius 3 is 2.58 bits per heavy atom. The molecule has 2 aromatic carbocycles. The lowest BCUT2D eigenvalue weighted by Crippen LogP contribution is -1.91. The zero-order valence-corrected chi connectivity index (χ0v) is 11.2. The van der Waals surface area contributed by atoms with Gasteiger partial charge in [-0.3, -0.25) is 0 Å². The summed E-state index contributed by atoms with van der Waals surface area (Å²) in [5.41, 5.74) is 1.56. The van der Waals surface area contributed by atoms with Gasteiger partial charge >= 0.3 is 0 Å². The van der Waals surface area contributed by atoms with E-state index in [0.29, 0.717) is 11.3 Å². The molecule has 0 N–H and O–H groups in total. The Labute approximate surface area is 115 Å². The van der Waals surface area contributed by atoms with E-state index in [9.17, 15) is 4.39 Å². The SMILES string of the molecule is COc1ccc(C#N)cc1CSc1ccc(F)cc1. The molecule has 0 aliphatic rings. The molecule has 0 unspecified atom stereocenters. The highest BCUT2D eigenvalue weighted by molar-refractivity contribution is 7.98. The molecule has 2 aromatic rings. The van der Waals surface area contributed by atoms with Crippen molar-refractivity contribution in [2.24, 2.45) is 0 Å². The van der Waals surface area contributed by atoms with Gasteiger partial charge in [0.05, 0.1) is 18.7 Å². The van der Waals surface area contributed by atoms with E-state index < -0.39 is 0 Å². The van der Waals surface area contributed by atoms with Crippen molar-refractivity contribution < 1.29 is 9.13 Å². The van der Waals surface area contributed by atoms with Gasteiger partial charge in [-0.15, -0.1) is 11.8 Å². The Bertz CT molecular complexity index is 605. The van der Waals surface area contributed by atoms with E-state index in [4.69, 9.17) is 10.00 Å². The minimum atomic E-state index is -0.242. The summed E-state index contributed by atoms with van der Waals surface area (Å²) in [5, 5.41) is 8.90. The van der Waals surface area contributed by atoms with Crippen LogP contribution in [0, 0.1) is 17.1 Å². The third-order valence-electron chi connectivity index (χ3n) is 2.62. The fourth-order valence-corrected chi connectivity index (χ4v) is 2.53. The molecule has 0 aromatic heterocycles. The molecule has 4 heteroatoms. The second kappa shape index (κ2) is 6.26. The van der Waals surface area contributed by atoms with Crippen molar-refractivity contribution in [3.8, 4) is 11.8 Å². The highest BCUT2D eigenvalue weighted by atomic mass is 32.2. The van der Waals surface area contributed by atoms with Crippen LogP contribution in [0.25, 0.3) is 0 Å². The Kier molecular flexibility index (Phi) is 4.43. The number of halogens is 1. The van der Waals surface area contributed by atoms with Gasteiger partial charge in [-0.05, 0) is 42.5 Å². The van der Waals surface area contributed by atoms with Crippen molar-refractivity contribution >= 4 is 11.8 Å². The minimum Gasteiger partial charge on any atom is -0.496 e. The van der Waals surface area contributed by atoms with E-state index in [2.05, 4.69) is 6.07 Å². The number of benzene rings is 2. The Balaban J connectivity index is 2.14. The van der Waals surface area contributed by atoms with Gasteiger partial charge in [0.15, 0.2) is 0 Å². The van der Waals surface area contributed by atoms with Crippen LogP contribution in [0.5, 0.6) is 5.75 Å². The first-order chi connectivity index (χ1) is 9.22. The lowest BCUT2D eigenvalue weighted by atomic mass is 10.1. The van der Waals surface area contributed by atoms with E-state index >= 15 is 0 Å². The third-order valence-corrected chi connectivity index (χ3v) is 3.68. The second-order valence-corrected chi connectivity index (χ2v) is 4.93. The average Bonchev–Trinajstić information content (AvgIpc) is 2.46. The van der Waals surface area contributed by atoms with Crippen LogP contribution in [-0.2, 0) is 5.75 Å². The summed E-state index contributed by atoms with van der Waals surface area (Å²) in [7, 11) is 1.60. The summed E-state index contributed by atoms with van der Waals surface area (Å²) < 4.78 is 18.1. The van der Waals surface area contributed by atoms with Gasteiger partial charge in [-0.2, -0.15) is 5.26 Å². The number of nitrogens with zero attached hydrogens (tertiary/aromatic N) is 1. The number of hydrogen-bond acceptors (Lipinski definition) is 3. The Hall–Kier alpha value is -1.99. The van der Waals surface area contributed by atoms with Crippen LogP contribution in [0.15, 0.2) is 47.4 Å². The molecule has 0 aliphatic carbocycles. The van der Waals surface area contributed by atoms with Gasteiger partial charge in [-0.25, -0.2) is 4.39 Å². The highest BCUT2D eigenvalue weighted by Crippen LogP contribution is 2.28. The largest absolute Gasteiger partial charge is 0.496 e. The fourth-order valence-electron chi connectivity index (χ4n) is 1.65. The van der Waals surface area contributed by atoms with Crippen molar-refractivity contribution in [1.29, 1.82) is 5.26 Å². The maximum Gasteiger partial charge on any atom is 0.123 e. The maximum atomic E-state index is 12.8. The lowest BCUT2D eigenvalue weighted by molar-refractivity contribution is 0.411. The minimum absolute atomic E-state index is 0.242. The Morgan fingerprint density at radius 2 is 1.95 bits per heavy atom. The number of nitriles is 1. The molecule has 96 valence electrons. The smallest absolute Gasteiger partial charge is 0.123 e. The van der Waals surface area contributed by atoms with E-state index in [1.54, 1.807) is 43.1 Å². The molecular formula is C15H12FNOS. The zero-order chi connectivity index (χ0) is 13.7. The van der Waals surface area contributed by atoms with Gasteiger partial charge in [0.1, 0.15) is 11.6 Å². The van der Waals surface area contributed by atoms with Gasteiger partial charge in [0, 0.05) is 16.2 Å². The molecule has 0 saturated heterocycles. The van der Waals surface area contributed by atoms with Crippen LogP contribution >= 0.6 is 11.8 Å². The van der Waals surface area contributed by atoms with Gasteiger partial charge in [0.2, 0.25) is 0 Å². The lowest BCUT2D eigenvalue weighted by Gasteiger charge is -2.08. The van der Waals surface area contributed by atoms with Gasteiger partial charge in [-0.1, -0.05) is 0 Å². The molecule has 19 heavy (non-hydrogen) atoms. The van der Waals surface area contributed by atoms with Crippen LogP contribution in [-0.4, -0.2) is 7.11 Å². The molecular weight excluding hydrogens is 261 g/mol. The average molecular weight is 273 g/mol. The molecule has 0 amide bonds. The third kappa shape index (κ3) is 3.49. The summed E-state index contributed by atoms with van der Waals surface area (Å²) in [6, 6.07) is 13.8. The standard InChI is InChI=1S/C15H12FNOS/c1-18-15-7-2-11(9-17)8-12(15)10-19-14-5-3-13(16)4-6-14/h2-8H,10H2,1H3. The molecule has 0 bridgehead atoms. The monoisotopic (exact) mass is 273 g/mol. The quantitative estimate of drug-likeness (QED) is 0.789. The number of methoxy groups -OCH3 is 1. The summed E-state index contributed by atoms with van der Waals surface area (Å²) >= 11 is 1.57. The van der Waals surface area contributed by atoms with Crippen LogP contribution in [0.4, 0.5) is 4.39 Å². The number of rotatable bonds is 4. The van der Waals surface area contributed by atoms with Crippen LogP contribution < -0.4 is 4.74 Å². The molecule has 0 fully saturated rings. The number of ether oxygens (including phenoxy) is 1. The first kappa shape index (κ1) is 13.4. The van der Waals surface area contributed by atoms with Crippen molar-refractivity contribution in [1.82, 2.24) is 0 Å². The van der Waals surface area contributed by atoms with E-state index in [1.165, 1.54) is 12.1 Å². The molecule has 0 aliphatic heterocycles. The summed E-state index contributed by atoms with van der Waals surface area (Å²) in [4.78, 5) is 0.978. The van der Waals surface area contributed by atoms with E-state index in [0.717, 1.165) is 16.2 Å². The zero-order valence-electron chi connectivity index (χ0n) is 10.4. The molecule has 2 nitrogen and oxygen atoms in total. The van der Waals surface area contributed by atoms with E-state index in [1.807, 2.05) is 6.07 Å². The van der Waals surface area contributed by atoms with Crippen LogP contribution in [0.3, 0.4) is 0 Å². The topological polar surface area (TPSA) is 33.0 Å². The van der Waals surface area contributed by atoms with Gasteiger partial charge < -0.3 is 4.74 Å². The van der Waals surface area contributed by atoms with Crippen molar-refractivity contribution in [2.45, 2.75) is 10.6 Å². The molecule has 0 heterocycles. The maximum absolute atomic E-state index is 12.8. The second-order valence-electron chi connectivity index (χ2n) is 3.88. The summed E-state index contributed by atoms with van der Waals surface area (Å²) in [5.74, 6) is 1.19. The molecule has 0 atom stereocenters. The van der Waals surface area contributed by atoms with E-state index in [-0.39, 0.29) is 5.82 Å². The number of thioether (sulfide) groups is 1. The first-order valence-electron chi connectivity index (χ1n) is 5.68. The molecule has 0 spiro atoms. The first-order valence-corrected chi connectivity index (χ1v) is 6.67. The highest BCUT2D eigenvalue weighted by Gasteiger charge is 2.05. The number of hydrogen-bond donors (Lipinski definition) is 0. The predicted molar refractivity (Wildman–Crippen MR) is 73.7 cm³/mol. The summed E-state index contributed by atoms with van der Waals surface area (Å²) in [6.45, 7) is 0. The summed E-state index contributed by atoms with van der Waals surface area (Å²) in [6.07, 6.45) is 0. The van der Waals surface area contributed by atoms with Crippen molar-refractivity contribution in [3.63, 3.8) is 0 Å². The van der Waals surface area contributed by atoms with Crippen molar-refractivity contribution in [2.75, 3.05) is 7.11 Å². The fraction of sp³-hybridized carbons (Fsp3) is 0.133.